The first-order valence-electron chi connectivity index (χ1n) is 10.1. The first-order valence-corrected chi connectivity index (χ1v) is 10.1. The molecule has 0 saturated carbocycles. The topological polar surface area (TPSA) is 84.2 Å². The van der Waals surface area contributed by atoms with Crippen molar-refractivity contribution in [2.45, 2.75) is 18.8 Å². The highest BCUT2D eigenvalue weighted by Gasteiger charge is 2.29. The molecule has 1 saturated heterocycles. The molecule has 1 amide bonds. The van der Waals surface area contributed by atoms with E-state index in [1.807, 2.05) is 53.6 Å². The van der Waals surface area contributed by atoms with Crippen molar-refractivity contribution in [3.8, 4) is 16.9 Å². The van der Waals surface area contributed by atoms with Crippen LogP contribution in [0.15, 0.2) is 59.3 Å². The molecule has 1 N–H and O–H groups in total. The number of nitrogens with one attached hydrogen (secondary N) is 1. The second-order valence-corrected chi connectivity index (χ2v) is 7.52. The number of carbonyl (C=O) groups is 1. The molecule has 0 spiro atoms. The first-order chi connectivity index (χ1) is 14.7. The first kappa shape index (κ1) is 18.4. The number of piperidine rings is 1. The molecule has 4 aromatic rings. The molecule has 1 aliphatic heterocycles. The number of rotatable bonds is 4. The Hall–Kier alpha value is -3.61. The molecule has 0 radical (unpaired) electrons. The van der Waals surface area contributed by atoms with Gasteiger partial charge in [0.1, 0.15) is 11.3 Å². The largest absolute Gasteiger partial charge is 0.497 e. The van der Waals surface area contributed by atoms with Crippen molar-refractivity contribution in [2.75, 3.05) is 20.2 Å². The molecule has 152 valence electrons. The van der Waals surface area contributed by atoms with Crippen LogP contribution in [0.1, 0.15) is 35.0 Å². The zero-order chi connectivity index (χ0) is 20.5. The smallest absolute Gasteiger partial charge is 0.293 e. The van der Waals surface area contributed by atoms with Crippen LogP contribution in [0.4, 0.5) is 0 Å². The number of aromatic nitrogens is 3. The Balaban J connectivity index is 1.32. The quantitative estimate of drug-likeness (QED) is 0.552. The summed E-state index contributed by atoms with van der Waals surface area (Å²) in [5.74, 6) is 1.35. The van der Waals surface area contributed by atoms with Gasteiger partial charge in [-0.3, -0.25) is 9.89 Å². The molecule has 0 atom stereocenters. The highest BCUT2D eigenvalue weighted by Crippen LogP contribution is 2.35. The van der Waals surface area contributed by atoms with Crippen molar-refractivity contribution in [1.29, 1.82) is 0 Å². The summed E-state index contributed by atoms with van der Waals surface area (Å²) in [5.41, 5.74) is 3.97. The lowest BCUT2D eigenvalue weighted by Gasteiger charge is -2.31. The van der Waals surface area contributed by atoms with E-state index < -0.39 is 0 Å². The summed E-state index contributed by atoms with van der Waals surface area (Å²) in [6.07, 6.45) is 3.58. The van der Waals surface area contributed by atoms with Crippen LogP contribution in [0.3, 0.4) is 0 Å². The number of carbonyl (C=O) groups excluding carboxylic acids is 1. The van der Waals surface area contributed by atoms with Gasteiger partial charge in [0.05, 0.1) is 18.7 Å². The van der Waals surface area contributed by atoms with Crippen LogP contribution in [-0.2, 0) is 0 Å². The molecule has 7 heteroatoms. The third-order valence-corrected chi connectivity index (χ3v) is 5.82. The van der Waals surface area contributed by atoms with Crippen LogP contribution < -0.4 is 4.74 Å². The highest BCUT2D eigenvalue weighted by atomic mass is 16.5. The Bertz CT molecular complexity index is 1190. The Kier molecular flexibility index (Phi) is 4.71. The van der Waals surface area contributed by atoms with Gasteiger partial charge < -0.3 is 14.2 Å². The van der Waals surface area contributed by atoms with E-state index in [9.17, 15) is 4.79 Å². The Labute approximate surface area is 173 Å². The molecule has 7 nitrogen and oxygen atoms in total. The lowest BCUT2D eigenvalue weighted by molar-refractivity contribution is 0.0673. The fourth-order valence-electron chi connectivity index (χ4n) is 4.19. The average Bonchev–Trinajstić information content (AvgIpc) is 3.46. The van der Waals surface area contributed by atoms with E-state index in [1.165, 1.54) is 0 Å². The van der Waals surface area contributed by atoms with Crippen LogP contribution in [0.5, 0.6) is 5.75 Å². The lowest BCUT2D eigenvalue weighted by atomic mass is 9.89. The predicted octanol–water partition coefficient (Wildman–Crippen LogP) is 4.25. The molecule has 0 aliphatic carbocycles. The minimum atomic E-state index is -0.0974. The number of H-pyrrole nitrogens is 1. The number of nitrogens with zero attached hydrogens (tertiary/aromatic N) is 3. The zero-order valence-corrected chi connectivity index (χ0v) is 16.7. The molecule has 1 aliphatic rings. The van der Waals surface area contributed by atoms with Gasteiger partial charge in [-0.1, -0.05) is 29.4 Å². The summed E-state index contributed by atoms with van der Waals surface area (Å²) in [6, 6.07) is 15.5. The number of methoxy groups -OCH3 is 1. The summed E-state index contributed by atoms with van der Waals surface area (Å²) in [4.78, 5) is 14.8. The second kappa shape index (κ2) is 7.67. The Morgan fingerprint density at radius 3 is 2.83 bits per heavy atom. The summed E-state index contributed by atoms with van der Waals surface area (Å²) in [7, 11) is 1.67. The SMILES string of the molecule is COc1cccc(-c2cn[nH]c2C2CCN(C(=O)c3onc4ccccc34)CC2)c1. The number of aromatic amines is 1. The number of hydrogen-bond donors (Lipinski definition) is 1. The van der Waals surface area contributed by atoms with Gasteiger partial charge in [0.2, 0.25) is 5.76 Å². The van der Waals surface area contributed by atoms with E-state index >= 15 is 0 Å². The molecule has 2 aromatic carbocycles. The molecular formula is C23H22N4O3. The van der Waals surface area contributed by atoms with E-state index in [-0.39, 0.29) is 5.91 Å². The van der Waals surface area contributed by atoms with Gasteiger partial charge in [0.25, 0.3) is 5.91 Å². The third-order valence-electron chi connectivity index (χ3n) is 5.82. The number of fused-ring (bicyclic) bond motifs is 1. The molecule has 30 heavy (non-hydrogen) atoms. The molecule has 2 aromatic heterocycles. The summed E-state index contributed by atoms with van der Waals surface area (Å²) >= 11 is 0. The average molecular weight is 402 g/mol. The van der Waals surface area contributed by atoms with Crippen LogP contribution in [0, 0.1) is 0 Å². The number of hydrogen-bond acceptors (Lipinski definition) is 5. The molecule has 3 heterocycles. The molecule has 0 unspecified atom stereocenters. The van der Waals surface area contributed by atoms with Gasteiger partial charge in [-0.2, -0.15) is 5.10 Å². The van der Waals surface area contributed by atoms with Crippen LogP contribution in [0.2, 0.25) is 0 Å². The van der Waals surface area contributed by atoms with Gasteiger partial charge in [0.15, 0.2) is 0 Å². The fourth-order valence-corrected chi connectivity index (χ4v) is 4.19. The van der Waals surface area contributed by atoms with Crippen molar-refractivity contribution in [3.63, 3.8) is 0 Å². The minimum Gasteiger partial charge on any atom is -0.497 e. The van der Waals surface area contributed by atoms with E-state index in [4.69, 9.17) is 9.26 Å². The van der Waals surface area contributed by atoms with Crippen molar-refractivity contribution in [2.24, 2.45) is 0 Å². The van der Waals surface area contributed by atoms with Gasteiger partial charge in [0, 0.05) is 30.3 Å². The second-order valence-electron chi connectivity index (χ2n) is 7.52. The molecule has 0 bridgehead atoms. The molecule has 1 fully saturated rings. The highest BCUT2D eigenvalue weighted by molar-refractivity contribution is 6.03. The molecular weight excluding hydrogens is 380 g/mol. The maximum Gasteiger partial charge on any atom is 0.293 e. The van der Waals surface area contributed by atoms with E-state index in [1.54, 1.807) is 7.11 Å². The van der Waals surface area contributed by atoms with Crippen molar-refractivity contribution in [3.05, 3.63) is 66.2 Å². The van der Waals surface area contributed by atoms with E-state index in [0.717, 1.165) is 40.8 Å². The van der Waals surface area contributed by atoms with Gasteiger partial charge in [-0.25, -0.2) is 0 Å². The van der Waals surface area contributed by atoms with Crippen LogP contribution in [0.25, 0.3) is 22.0 Å². The Morgan fingerprint density at radius 1 is 1.17 bits per heavy atom. The molecule has 5 rings (SSSR count). The van der Waals surface area contributed by atoms with Gasteiger partial charge in [-0.15, -0.1) is 0 Å². The van der Waals surface area contributed by atoms with Crippen molar-refractivity contribution >= 4 is 16.8 Å². The normalized spacial score (nSPS) is 14.9. The lowest BCUT2D eigenvalue weighted by Crippen LogP contribution is -2.38. The van der Waals surface area contributed by atoms with Crippen LogP contribution >= 0.6 is 0 Å². The van der Waals surface area contributed by atoms with E-state index in [2.05, 4.69) is 21.4 Å². The third kappa shape index (κ3) is 3.22. The number of ether oxygens (including phenoxy) is 1. The van der Waals surface area contributed by atoms with E-state index in [0.29, 0.717) is 30.3 Å². The number of amides is 1. The Morgan fingerprint density at radius 2 is 2.00 bits per heavy atom. The predicted molar refractivity (Wildman–Crippen MR) is 112 cm³/mol. The maximum atomic E-state index is 13.0. The maximum absolute atomic E-state index is 13.0. The standard InChI is InChI=1S/C23H22N4O3/c1-29-17-6-4-5-16(13-17)19-14-24-25-21(19)15-9-11-27(12-10-15)23(28)22-18-7-2-3-8-20(18)26-30-22/h2-8,13-15H,9-12H2,1H3,(H,24,25). The summed E-state index contributed by atoms with van der Waals surface area (Å²) in [6.45, 7) is 1.32. The summed E-state index contributed by atoms with van der Waals surface area (Å²) in [5, 5.41) is 12.2. The monoisotopic (exact) mass is 402 g/mol. The summed E-state index contributed by atoms with van der Waals surface area (Å²) < 4.78 is 10.7. The van der Waals surface area contributed by atoms with Crippen molar-refractivity contribution < 1.29 is 14.1 Å². The fraction of sp³-hybridized carbons (Fsp3) is 0.261. The van der Waals surface area contributed by atoms with Gasteiger partial charge in [-0.05, 0) is 42.7 Å². The minimum absolute atomic E-state index is 0.0974. The van der Waals surface area contributed by atoms with Crippen molar-refractivity contribution in [1.82, 2.24) is 20.3 Å². The zero-order valence-electron chi connectivity index (χ0n) is 16.7. The van der Waals surface area contributed by atoms with Crippen LogP contribution in [-0.4, -0.2) is 46.4 Å². The number of benzene rings is 2. The van der Waals surface area contributed by atoms with Gasteiger partial charge >= 0.3 is 0 Å². The number of likely N-dealkylation sites (tertiary alicyclic amines) is 1.